The van der Waals surface area contributed by atoms with Crippen LogP contribution in [0.2, 0.25) is 0 Å². The van der Waals surface area contributed by atoms with Gasteiger partial charge < -0.3 is 10.3 Å². The lowest BCUT2D eigenvalue weighted by atomic mass is 9.86. The van der Waals surface area contributed by atoms with E-state index in [9.17, 15) is 9.59 Å². The van der Waals surface area contributed by atoms with Crippen LogP contribution in [0, 0.1) is 5.92 Å². The van der Waals surface area contributed by atoms with E-state index < -0.39 is 0 Å². The number of ketones is 1. The number of anilines is 1. The second-order valence-electron chi connectivity index (χ2n) is 6.69. The van der Waals surface area contributed by atoms with Crippen molar-refractivity contribution in [3.63, 3.8) is 0 Å². The molecule has 0 bridgehead atoms. The number of nitrogens with one attached hydrogen (secondary N) is 2. The number of amides is 1. The van der Waals surface area contributed by atoms with Crippen molar-refractivity contribution in [3.05, 3.63) is 65.4 Å². The number of aromatic nitrogens is 1. The highest BCUT2D eigenvalue weighted by Gasteiger charge is 2.27. The van der Waals surface area contributed by atoms with E-state index in [4.69, 9.17) is 0 Å². The zero-order valence-electron chi connectivity index (χ0n) is 14.1. The first-order valence-electron chi connectivity index (χ1n) is 8.62. The van der Waals surface area contributed by atoms with E-state index in [0.29, 0.717) is 5.56 Å². The summed E-state index contributed by atoms with van der Waals surface area (Å²) in [6.45, 7) is 1.54. The normalized spacial score (nSPS) is 16.4. The Labute approximate surface area is 146 Å². The van der Waals surface area contributed by atoms with Crippen LogP contribution in [0.15, 0.2) is 48.5 Å². The van der Waals surface area contributed by atoms with Crippen molar-refractivity contribution in [2.24, 2.45) is 5.92 Å². The lowest BCUT2D eigenvalue weighted by molar-refractivity contribution is -0.120. The lowest BCUT2D eigenvalue weighted by Gasteiger charge is -2.22. The molecule has 1 amide bonds. The number of carbonyl (C=O) groups is 2. The van der Waals surface area contributed by atoms with Crippen molar-refractivity contribution in [1.29, 1.82) is 0 Å². The molecule has 3 aromatic rings. The molecule has 1 aliphatic carbocycles. The van der Waals surface area contributed by atoms with E-state index in [1.165, 1.54) is 23.6 Å². The summed E-state index contributed by atoms with van der Waals surface area (Å²) in [6.07, 6.45) is 2.50. The largest absolute Gasteiger partial charge is 0.358 e. The number of fused-ring (bicyclic) bond motifs is 3. The number of carbonyl (C=O) groups excluding carboxylic acids is 2. The molecule has 1 aromatic heterocycles. The molecule has 1 heterocycles. The van der Waals surface area contributed by atoms with Crippen LogP contribution in [0.4, 0.5) is 5.69 Å². The highest BCUT2D eigenvalue weighted by Crippen LogP contribution is 2.32. The molecule has 126 valence electrons. The van der Waals surface area contributed by atoms with E-state index in [0.717, 1.165) is 30.5 Å². The molecule has 4 rings (SSSR count). The van der Waals surface area contributed by atoms with E-state index in [1.54, 1.807) is 24.3 Å². The minimum atomic E-state index is -0.0285. The third-order valence-corrected chi connectivity index (χ3v) is 5.03. The molecule has 1 unspecified atom stereocenters. The van der Waals surface area contributed by atoms with Crippen LogP contribution in [0.5, 0.6) is 0 Å². The summed E-state index contributed by atoms with van der Waals surface area (Å²) >= 11 is 0. The molecule has 0 radical (unpaired) electrons. The van der Waals surface area contributed by atoms with Crippen molar-refractivity contribution in [2.75, 3.05) is 5.32 Å². The Bertz CT molecular complexity index is 954. The van der Waals surface area contributed by atoms with Gasteiger partial charge in [-0.3, -0.25) is 9.59 Å². The molecule has 0 saturated heterocycles. The summed E-state index contributed by atoms with van der Waals surface area (Å²) in [5.74, 6) is 0.0442. The first-order chi connectivity index (χ1) is 12.1. The van der Waals surface area contributed by atoms with Gasteiger partial charge in [0.25, 0.3) is 0 Å². The molecule has 0 fully saturated rings. The summed E-state index contributed by atoms with van der Waals surface area (Å²) in [6, 6.07) is 15.3. The van der Waals surface area contributed by atoms with Crippen LogP contribution in [0.25, 0.3) is 10.9 Å². The summed E-state index contributed by atoms with van der Waals surface area (Å²) in [7, 11) is 0. The highest BCUT2D eigenvalue weighted by molar-refractivity contribution is 5.96. The van der Waals surface area contributed by atoms with Gasteiger partial charge in [-0.15, -0.1) is 0 Å². The zero-order valence-corrected chi connectivity index (χ0v) is 14.1. The van der Waals surface area contributed by atoms with Gasteiger partial charge in [-0.2, -0.15) is 0 Å². The topological polar surface area (TPSA) is 62.0 Å². The van der Waals surface area contributed by atoms with Gasteiger partial charge in [0, 0.05) is 33.8 Å². The molecule has 1 aliphatic rings. The van der Waals surface area contributed by atoms with Crippen molar-refractivity contribution >= 4 is 28.3 Å². The first kappa shape index (κ1) is 15.6. The third kappa shape index (κ3) is 2.95. The Kier molecular flexibility index (Phi) is 3.88. The van der Waals surface area contributed by atoms with Gasteiger partial charge in [-0.25, -0.2) is 0 Å². The van der Waals surface area contributed by atoms with E-state index >= 15 is 0 Å². The maximum Gasteiger partial charge on any atom is 0.227 e. The smallest absolute Gasteiger partial charge is 0.227 e. The minimum absolute atomic E-state index is 0.0250. The second kappa shape index (κ2) is 6.20. The molecule has 25 heavy (non-hydrogen) atoms. The van der Waals surface area contributed by atoms with Gasteiger partial charge in [-0.05, 0) is 62.1 Å². The van der Waals surface area contributed by atoms with E-state index in [-0.39, 0.29) is 17.6 Å². The number of benzene rings is 2. The Hall–Kier alpha value is -2.88. The number of Topliss-reactive ketones (excluding diaryl/α,β-unsaturated/α-hetero) is 1. The molecule has 4 nitrogen and oxygen atoms in total. The molecule has 1 atom stereocenters. The molecular weight excluding hydrogens is 312 g/mol. The number of rotatable bonds is 3. The summed E-state index contributed by atoms with van der Waals surface area (Å²) in [5, 5.41) is 4.21. The highest BCUT2D eigenvalue weighted by atomic mass is 16.2. The number of hydrogen-bond donors (Lipinski definition) is 2. The second-order valence-corrected chi connectivity index (χ2v) is 6.69. The predicted molar refractivity (Wildman–Crippen MR) is 98.9 cm³/mol. The molecule has 0 spiro atoms. The average molecular weight is 332 g/mol. The first-order valence-corrected chi connectivity index (χ1v) is 8.62. The zero-order chi connectivity index (χ0) is 17.4. The lowest BCUT2D eigenvalue weighted by Crippen LogP contribution is -2.28. The average Bonchev–Trinajstić information content (AvgIpc) is 3.00. The quantitative estimate of drug-likeness (QED) is 0.709. The number of para-hydroxylation sites is 1. The summed E-state index contributed by atoms with van der Waals surface area (Å²) in [5.41, 5.74) is 5.07. The van der Waals surface area contributed by atoms with Crippen LogP contribution in [-0.2, 0) is 17.6 Å². The fraction of sp³-hybridized carbons (Fsp3) is 0.238. The number of aromatic amines is 1. The standard InChI is InChI=1S/C21H20N2O2/c1-13(24)14-6-9-16(10-7-14)22-21(25)15-8-11-20-18(12-15)17-4-2-3-5-19(17)23-20/h2-7,9-10,15,23H,8,11-12H2,1H3,(H,22,25). The Morgan fingerprint density at radius 2 is 1.84 bits per heavy atom. The van der Waals surface area contributed by atoms with Crippen LogP contribution < -0.4 is 5.32 Å². The fourth-order valence-corrected chi connectivity index (χ4v) is 3.63. The fourth-order valence-electron chi connectivity index (χ4n) is 3.63. The summed E-state index contributed by atoms with van der Waals surface area (Å²) in [4.78, 5) is 27.5. The molecule has 2 N–H and O–H groups in total. The van der Waals surface area contributed by atoms with Crippen molar-refractivity contribution in [1.82, 2.24) is 4.98 Å². The summed E-state index contributed by atoms with van der Waals surface area (Å²) < 4.78 is 0. The Balaban J connectivity index is 1.51. The number of hydrogen-bond acceptors (Lipinski definition) is 2. The monoisotopic (exact) mass is 332 g/mol. The van der Waals surface area contributed by atoms with Gasteiger partial charge in [-0.1, -0.05) is 18.2 Å². The Morgan fingerprint density at radius 3 is 2.60 bits per heavy atom. The van der Waals surface area contributed by atoms with Crippen molar-refractivity contribution in [2.45, 2.75) is 26.2 Å². The van der Waals surface area contributed by atoms with Crippen molar-refractivity contribution < 1.29 is 9.59 Å². The Morgan fingerprint density at radius 1 is 1.08 bits per heavy atom. The van der Waals surface area contributed by atoms with Crippen LogP contribution in [0.1, 0.15) is 35.0 Å². The van der Waals surface area contributed by atoms with E-state index in [2.05, 4.69) is 22.4 Å². The maximum absolute atomic E-state index is 12.7. The van der Waals surface area contributed by atoms with Gasteiger partial charge >= 0.3 is 0 Å². The van der Waals surface area contributed by atoms with E-state index in [1.807, 2.05) is 12.1 Å². The third-order valence-electron chi connectivity index (χ3n) is 5.03. The number of aryl methyl sites for hydroxylation is 1. The molecule has 2 aromatic carbocycles. The van der Waals surface area contributed by atoms with Crippen LogP contribution >= 0.6 is 0 Å². The van der Waals surface area contributed by atoms with Gasteiger partial charge in [0.15, 0.2) is 5.78 Å². The van der Waals surface area contributed by atoms with Gasteiger partial charge in [0.05, 0.1) is 0 Å². The predicted octanol–water partition coefficient (Wildman–Crippen LogP) is 4.11. The van der Waals surface area contributed by atoms with Gasteiger partial charge in [0.2, 0.25) is 5.91 Å². The maximum atomic E-state index is 12.7. The minimum Gasteiger partial charge on any atom is -0.358 e. The molecule has 4 heteroatoms. The van der Waals surface area contributed by atoms with Crippen molar-refractivity contribution in [3.8, 4) is 0 Å². The van der Waals surface area contributed by atoms with Crippen LogP contribution in [-0.4, -0.2) is 16.7 Å². The molecule has 0 aliphatic heterocycles. The van der Waals surface area contributed by atoms with Crippen LogP contribution in [0.3, 0.4) is 0 Å². The SMILES string of the molecule is CC(=O)c1ccc(NC(=O)C2CCc3[nH]c4ccccc4c3C2)cc1. The van der Waals surface area contributed by atoms with Gasteiger partial charge in [0.1, 0.15) is 0 Å². The number of H-pyrrole nitrogens is 1. The molecular formula is C21H20N2O2. The molecule has 0 saturated carbocycles.